The summed E-state index contributed by atoms with van der Waals surface area (Å²) in [6, 6.07) is 5.13. The van der Waals surface area contributed by atoms with Gasteiger partial charge in [-0.1, -0.05) is 32.1 Å². The first-order chi connectivity index (χ1) is 11.2. The summed E-state index contributed by atoms with van der Waals surface area (Å²) in [4.78, 5) is 11.0. The van der Waals surface area contributed by atoms with Crippen LogP contribution < -0.4 is 4.90 Å². The van der Waals surface area contributed by atoms with Crippen LogP contribution in [0.5, 0.6) is 0 Å². The summed E-state index contributed by atoms with van der Waals surface area (Å²) in [5.41, 5.74) is 5.27. The van der Waals surface area contributed by atoms with E-state index in [-0.39, 0.29) is 0 Å². The monoisotopic (exact) mass is 311 g/mol. The quantitative estimate of drug-likeness (QED) is 0.879. The Bertz CT molecular complexity index is 681. The van der Waals surface area contributed by atoms with Crippen molar-refractivity contribution >= 4 is 16.7 Å². The van der Waals surface area contributed by atoms with E-state index >= 15 is 0 Å². The number of nitrogens with one attached hydrogen (secondary N) is 1. The van der Waals surface area contributed by atoms with Crippen LogP contribution in [0.25, 0.3) is 11.0 Å². The van der Waals surface area contributed by atoms with Gasteiger partial charge in [0.15, 0.2) is 0 Å². The Morgan fingerprint density at radius 3 is 2.83 bits per heavy atom. The minimum Gasteiger partial charge on any atom is -0.372 e. The molecule has 4 rings (SSSR count). The molecule has 124 valence electrons. The number of rotatable bonds is 3. The van der Waals surface area contributed by atoms with Gasteiger partial charge >= 0.3 is 0 Å². The number of anilines is 1. The second-order valence-corrected chi connectivity index (χ2v) is 7.68. The number of H-pyrrole nitrogens is 1. The highest BCUT2D eigenvalue weighted by Crippen LogP contribution is 2.34. The molecular formula is C20H29N3. The molecule has 0 spiro atoms. The fourth-order valence-corrected chi connectivity index (χ4v) is 4.47. The third-order valence-electron chi connectivity index (χ3n) is 6.15. The minimum atomic E-state index is 0.629. The maximum Gasteiger partial charge on any atom is 0.107 e. The largest absolute Gasteiger partial charge is 0.372 e. The van der Waals surface area contributed by atoms with Gasteiger partial charge in [0.1, 0.15) is 5.82 Å². The first-order valence-corrected chi connectivity index (χ1v) is 9.45. The smallest absolute Gasteiger partial charge is 0.107 e. The van der Waals surface area contributed by atoms with Crippen LogP contribution in [0, 0.1) is 5.92 Å². The third kappa shape index (κ3) is 2.86. The Morgan fingerprint density at radius 1 is 1.17 bits per heavy atom. The van der Waals surface area contributed by atoms with Gasteiger partial charge in [0.05, 0.1) is 11.0 Å². The van der Waals surface area contributed by atoms with Gasteiger partial charge in [-0.3, -0.25) is 0 Å². The normalized spacial score (nSPS) is 22.5. The number of aryl methyl sites for hydroxylation is 2. The zero-order valence-corrected chi connectivity index (χ0v) is 14.6. The molecule has 1 aliphatic heterocycles. The Hall–Kier alpha value is -1.51. The topological polar surface area (TPSA) is 31.9 Å². The summed E-state index contributed by atoms with van der Waals surface area (Å²) in [5.74, 6) is 2.12. The van der Waals surface area contributed by atoms with Gasteiger partial charge in [-0.2, -0.15) is 0 Å². The van der Waals surface area contributed by atoms with Gasteiger partial charge in [0.2, 0.25) is 0 Å². The molecule has 0 saturated heterocycles. The average molecular weight is 311 g/mol. The van der Waals surface area contributed by atoms with Crippen molar-refractivity contribution in [2.24, 2.45) is 5.92 Å². The molecule has 1 unspecified atom stereocenters. The standard InChI is InChI=1S/C20H29N3/c1-14-8-10-16-18(23(14)2)12-11-17-20(16)22-19(21-17)13-9-15-6-4-3-5-7-15/h11-12,14-15H,3-10,13H2,1-2H3,(H,21,22). The van der Waals surface area contributed by atoms with Crippen LogP contribution in [-0.2, 0) is 12.8 Å². The number of hydrogen-bond acceptors (Lipinski definition) is 2. The van der Waals surface area contributed by atoms with E-state index in [9.17, 15) is 0 Å². The zero-order valence-electron chi connectivity index (χ0n) is 14.6. The van der Waals surface area contributed by atoms with Crippen LogP contribution in [0.1, 0.15) is 63.3 Å². The number of fused-ring (bicyclic) bond motifs is 3. The van der Waals surface area contributed by atoms with Gasteiger partial charge in [-0.15, -0.1) is 0 Å². The van der Waals surface area contributed by atoms with Crippen molar-refractivity contribution in [3.8, 4) is 0 Å². The Labute approximate surface area is 139 Å². The highest BCUT2D eigenvalue weighted by Gasteiger charge is 2.23. The van der Waals surface area contributed by atoms with Gasteiger partial charge < -0.3 is 9.88 Å². The Balaban J connectivity index is 1.56. The predicted octanol–water partition coefficient (Wildman–Crippen LogP) is 4.85. The Morgan fingerprint density at radius 2 is 2.00 bits per heavy atom. The van der Waals surface area contributed by atoms with Crippen LogP contribution in [-0.4, -0.2) is 23.1 Å². The van der Waals surface area contributed by atoms with E-state index in [0.717, 1.165) is 18.8 Å². The summed E-state index contributed by atoms with van der Waals surface area (Å²) in [6.07, 6.45) is 12.0. The lowest BCUT2D eigenvalue weighted by Crippen LogP contribution is -2.33. The fourth-order valence-electron chi connectivity index (χ4n) is 4.47. The van der Waals surface area contributed by atoms with Crippen LogP contribution in [0.2, 0.25) is 0 Å². The molecule has 1 N–H and O–H groups in total. The fraction of sp³-hybridized carbons (Fsp3) is 0.650. The summed E-state index contributed by atoms with van der Waals surface area (Å²) < 4.78 is 0. The molecule has 0 bridgehead atoms. The molecule has 23 heavy (non-hydrogen) atoms. The summed E-state index contributed by atoms with van der Waals surface area (Å²) in [5, 5.41) is 0. The van der Waals surface area contributed by atoms with Crippen LogP contribution >= 0.6 is 0 Å². The van der Waals surface area contributed by atoms with Crippen molar-refractivity contribution in [1.29, 1.82) is 0 Å². The molecule has 1 saturated carbocycles. The zero-order chi connectivity index (χ0) is 15.8. The molecule has 1 fully saturated rings. The number of aromatic nitrogens is 2. The van der Waals surface area contributed by atoms with Crippen LogP contribution in [0.3, 0.4) is 0 Å². The van der Waals surface area contributed by atoms with E-state index in [1.54, 1.807) is 0 Å². The SMILES string of the molecule is CC1CCc2c(ccc3[nH]c(CCC4CCCCC4)nc23)N1C. The van der Waals surface area contributed by atoms with Crippen molar-refractivity contribution < 1.29 is 0 Å². The van der Waals surface area contributed by atoms with Gasteiger partial charge in [0, 0.05) is 30.8 Å². The maximum absolute atomic E-state index is 4.99. The summed E-state index contributed by atoms with van der Waals surface area (Å²) in [6.45, 7) is 2.31. The first kappa shape index (κ1) is 15.0. The first-order valence-electron chi connectivity index (χ1n) is 9.45. The second kappa shape index (κ2) is 6.18. The van der Waals surface area contributed by atoms with Gasteiger partial charge in [-0.05, 0) is 44.2 Å². The number of benzene rings is 1. The van der Waals surface area contributed by atoms with Crippen LogP contribution in [0.15, 0.2) is 12.1 Å². The molecule has 1 atom stereocenters. The molecule has 1 aromatic carbocycles. The van der Waals surface area contributed by atoms with Crippen molar-refractivity contribution in [2.75, 3.05) is 11.9 Å². The number of imidazole rings is 1. The van der Waals surface area contributed by atoms with E-state index in [2.05, 4.69) is 36.0 Å². The van der Waals surface area contributed by atoms with Crippen molar-refractivity contribution in [3.63, 3.8) is 0 Å². The lowest BCUT2D eigenvalue weighted by molar-refractivity contribution is 0.337. The molecular weight excluding hydrogens is 282 g/mol. The molecule has 0 amide bonds. The van der Waals surface area contributed by atoms with Gasteiger partial charge in [0.25, 0.3) is 0 Å². The molecule has 3 nitrogen and oxygen atoms in total. The predicted molar refractivity (Wildman–Crippen MR) is 97.2 cm³/mol. The lowest BCUT2D eigenvalue weighted by Gasteiger charge is -2.33. The molecule has 1 aliphatic carbocycles. The number of aromatic amines is 1. The summed E-state index contributed by atoms with van der Waals surface area (Å²) in [7, 11) is 2.21. The van der Waals surface area contributed by atoms with E-state index in [1.165, 1.54) is 73.1 Å². The highest BCUT2D eigenvalue weighted by molar-refractivity contribution is 5.85. The summed E-state index contributed by atoms with van der Waals surface area (Å²) >= 11 is 0. The highest BCUT2D eigenvalue weighted by atomic mass is 15.1. The molecule has 2 heterocycles. The molecule has 3 heteroatoms. The van der Waals surface area contributed by atoms with Crippen molar-refractivity contribution in [3.05, 3.63) is 23.5 Å². The van der Waals surface area contributed by atoms with Crippen molar-refractivity contribution in [1.82, 2.24) is 9.97 Å². The van der Waals surface area contributed by atoms with Crippen LogP contribution in [0.4, 0.5) is 5.69 Å². The number of hydrogen-bond donors (Lipinski definition) is 1. The third-order valence-corrected chi connectivity index (χ3v) is 6.15. The van der Waals surface area contributed by atoms with E-state index < -0.39 is 0 Å². The number of nitrogens with zero attached hydrogens (tertiary/aromatic N) is 2. The average Bonchev–Trinajstić information content (AvgIpc) is 3.00. The van der Waals surface area contributed by atoms with E-state index in [4.69, 9.17) is 4.98 Å². The second-order valence-electron chi connectivity index (χ2n) is 7.68. The molecule has 2 aliphatic rings. The lowest BCUT2D eigenvalue weighted by atomic mass is 9.86. The molecule has 1 aromatic heterocycles. The van der Waals surface area contributed by atoms with Gasteiger partial charge in [-0.25, -0.2) is 4.98 Å². The maximum atomic E-state index is 4.99. The Kier molecular flexibility index (Phi) is 4.04. The van der Waals surface area contributed by atoms with E-state index in [0.29, 0.717) is 6.04 Å². The molecule has 2 aromatic rings. The molecule has 0 radical (unpaired) electrons. The van der Waals surface area contributed by atoms with E-state index in [1.807, 2.05) is 0 Å². The minimum absolute atomic E-state index is 0.629. The van der Waals surface area contributed by atoms with Crippen molar-refractivity contribution in [2.45, 2.75) is 70.8 Å².